The monoisotopic (exact) mass is 400 g/mol. The standard InChI is InChI=1S/C23H24N6O/c1-14-10-16(11-25-20(14)24)15-4-6-18(7-5-15)23(2,19-8-9-19)22-27-21(30-28-22)17-12-26-29(3)13-17/h4-7,10-13,19H,8-9H2,1-3H3,(H2,24,25)/t23-/m1/s1. The van der Waals surface area contributed by atoms with Gasteiger partial charge in [0.25, 0.3) is 5.89 Å². The number of anilines is 1. The van der Waals surface area contributed by atoms with Gasteiger partial charge in [-0.25, -0.2) is 4.98 Å². The highest BCUT2D eigenvalue weighted by atomic mass is 16.5. The molecular formula is C23H24N6O. The number of hydrogen-bond acceptors (Lipinski definition) is 6. The van der Waals surface area contributed by atoms with Crippen molar-refractivity contribution in [2.75, 3.05) is 5.73 Å². The minimum Gasteiger partial charge on any atom is -0.383 e. The highest BCUT2D eigenvalue weighted by Crippen LogP contribution is 2.50. The lowest BCUT2D eigenvalue weighted by molar-refractivity contribution is 0.386. The number of nitrogen functional groups attached to an aromatic ring is 1. The fourth-order valence-corrected chi connectivity index (χ4v) is 4.04. The molecule has 0 unspecified atom stereocenters. The average Bonchev–Trinajstić information content (AvgIpc) is 3.33. The first-order chi connectivity index (χ1) is 14.4. The van der Waals surface area contributed by atoms with Crippen LogP contribution < -0.4 is 5.73 Å². The molecule has 1 fully saturated rings. The second-order valence-corrected chi connectivity index (χ2v) is 8.31. The van der Waals surface area contributed by atoms with Crippen molar-refractivity contribution in [3.8, 4) is 22.6 Å². The van der Waals surface area contributed by atoms with Gasteiger partial charge in [-0.1, -0.05) is 29.4 Å². The van der Waals surface area contributed by atoms with Crippen LogP contribution in [-0.2, 0) is 12.5 Å². The van der Waals surface area contributed by atoms with Crippen molar-refractivity contribution >= 4 is 5.82 Å². The molecule has 30 heavy (non-hydrogen) atoms. The van der Waals surface area contributed by atoms with Gasteiger partial charge in [-0.05, 0) is 55.4 Å². The molecule has 0 spiro atoms. The zero-order chi connectivity index (χ0) is 20.9. The van der Waals surface area contributed by atoms with Crippen LogP contribution in [0.4, 0.5) is 5.82 Å². The molecule has 0 aliphatic heterocycles. The normalized spacial score (nSPS) is 15.8. The lowest BCUT2D eigenvalue weighted by atomic mass is 9.76. The van der Waals surface area contributed by atoms with Gasteiger partial charge in [0.05, 0.1) is 17.2 Å². The summed E-state index contributed by atoms with van der Waals surface area (Å²) in [6.07, 6.45) is 7.76. The Morgan fingerprint density at radius 2 is 1.87 bits per heavy atom. The molecule has 7 nitrogen and oxygen atoms in total. The maximum absolute atomic E-state index is 5.86. The zero-order valence-corrected chi connectivity index (χ0v) is 17.3. The van der Waals surface area contributed by atoms with E-state index in [0.717, 1.165) is 40.9 Å². The number of aromatic nitrogens is 5. The van der Waals surface area contributed by atoms with Gasteiger partial charge in [-0.15, -0.1) is 0 Å². The van der Waals surface area contributed by atoms with Crippen LogP contribution in [0.2, 0.25) is 0 Å². The van der Waals surface area contributed by atoms with E-state index in [4.69, 9.17) is 15.2 Å². The van der Waals surface area contributed by atoms with E-state index in [1.807, 2.05) is 26.4 Å². The Kier molecular flexibility index (Phi) is 4.20. The summed E-state index contributed by atoms with van der Waals surface area (Å²) in [6, 6.07) is 10.7. The first-order valence-electron chi connectivity index (χ1n) is 10.1. The van der Waals surface area contributed by atoms with Gasteiger partial charge in [0.1, 0.15) is 5.82 Å². The molecule has 1 aliphatic rings. The van der Waals surface area contributed by atoms with Crippen LogP contribution in [-0.4, -0.2) is 24.9 Å². The summed E-state index contributed by atoms with van der Waals surface area (Å²) in [5.74, 6) is 2.30. The predicted molar refractivity (Wildman–Crippen MR) is 115 cm³/mol. The lowest BCUT2D eigenvalue weighted by Gasteiger charge is -2.27. The third-order valence-corrected chi connectivity index (χ3v) is 6.17. The van der Waals surface area contributed by atoms with Crippen molar-refractivity contribution in [3.05, 3.63) is 65.9 Å². The minimum atomic E-state index is -0.294. The number of benzene rings is 1. The average molecular weight is 400 g/mol. The summed E-state index contributed by atoms with van der Waals surface area (Å²) >= 11 is 0. The lowest BCUT2D eigenvalue weighted by Crippen LogP contribution is -2.28. The maximum Gasteiger partial charge on any atom is 0.261 e. The molecule has 3 heterocycles. The molecule has 0 radical (unpaired) electrons. The van der Waals surface area contributed by atoms with Crippen LogP contribution in [0, 0.1) is 12.8 Å². The Hall–Kier alpha value is -3.48. The number of nitrogens with two attached hydrogens (primary N) is 1. The highest BCUT2D eigenvalue weighted by molar-refractivity contribution is 5.66. The van der Waals surface area contributed by atoms with Gasteiger partial charge in [0.2, 0.25) is 0 Å². The van der Waals surface area contributed by atoms with Gasteiger partial charge in [-0.3, -0.25) is 4.68 Å². The van der Waals surface area contributed by atoms with Gasteiger partial charge in [0.15, 0.2) is 5.82 Å². The van der Waals surface area contributed by atoms with E-state index in [2.05, 4.69) is 52.5 Å². The number of pyridine rings is 1. The van der Waals surface area contributed by atoms with Gasteiger partial charge < -0.3 is 10.3 Å². The summed E-state index contributed by atoms with van der Waals surface area (Å²) in [7, 11) is 1.87. The Balaban J connectivity index is 1.50. The van der Waals surface area contributed by atoms with Crippen molar-refractivity contribution < 1.29 is 4.52 Å². The number of aryl methyl sites for hydroxylation is 2. The zero-order valence-electron chi connectivity index (χ0n) is 17.3. The number of rotatable bonds is 5. The second-order valence-electron chi connectivity index (χ2n) is 8.31. The Morgan fingerprint density at radius 1 is 1.10 bits per heavy atom. The van der Waals surface area contributed by atoms with Crippen molar-refractivity contribution in [1.82, 2.24) is 24.9 Å². The van der Waals surface area contributed by atoms with Crippen molar-refractivity contribution in [2.45, 2.75) is 32.1 Å². The second kappa shape index (κ2) is 6.79. The molecule has 1 aromatic carbocycles. The molecule has 4 aromatic rings. The van der Waals surface area contributed by atoms with Crippen LogP contribution in [0.5, 0.6) is 0 Å². The SMILES string of the molecule is Cc1cc(-c2ccc([C@@](C)(c3noc(-c4cnn(C)c4)n3)C3CC3)cc2)cnc1N. The molecule has 2 N–H and O–H groups in total. The van der Waals surface area contributed by atoms with Gasteiger partial charge in [0, 0.05) is 25.0 Å². The van der Waals surface area contributed by atoms with Gasteiger partial charge in [-0.2, -0.15) is 10.1 Å². The van der Waals surface area contributed by atoms with E-state index in [9.17, 15) is 0 Å². The molecule has 1 aliphatic carbocycles. The van der Waals surface area contributed by atoms with Crippen molar-refractivity contribution in [2.24, 2.45) is 13.0 Å². The highest BCUT2D eigenvalue weighted by Gasteiger charge is 2.47. The molecule has 5 rings (SSSR count). The van der Waals surface area contributed by atoms with E-state index in [1.165, 1.54) is 5.56 Å². The predicted octanol–water partition coefficient (Wildman–Crippen LogP) is 4.14. The topological polar surface area (TPSA) is 95.6 Å². The molecule has 0 amide bonds. The Labute approximate surface area is 175 Å². The Morgan fingerprint density at radius 3 is 2.50 bits per heavy atom. The van der Waals surface area contributed by atoms with E-state index >= 15 is 0 Å². The van der Waals surface area contributed by atoms with E-state index in [0.29, 0.717) is 17.6 Å². The minimum absolute atomic E-state index is 0.294. The fourth-order valence-electron chi connectivity index (χ4n) is 4.04. The molecule has 1 saturated carbocycles. The number of nitrogens with zero attached hydrogens (tertiary/aromatic N) is 5. The molecule has 0 saturated heterocycles. The summed E-state index contributed by atoms with van der Waals surface area (Å²) < 4.78 is 7.32. The first kappa shape index (κ1) is 18.5. The molecule has 152 valence electrons. The Bertz CT molecular complexity index is 1200. The molecule has 3 aromatic heterocycles. The summed E-state index contributed by atoms with van der Waals surface area (Å²) in [5.41, 5.74) is 10.7. The summed E-state index contributed by atoms with van der Waals surface area (Å²) in [6.45, 7) is 4.19. The van der Waals surface area contributed by atoms with Crippen molar-refractivity contribution in [3.63, 3.8) is 0 Å². The van der Waals surface area contributed by atoms with E-state index < -0.39 is 0 Å². The maximum atomic E-state index is 5.86. The third-order valence-electron chi connectivity index (χ3n) is 6.17. The van der Waals surface area contributed by atoms with Crippen LogP contribution in [0.15, 0.2) is 53.4 Å². The van der Waals surface area contributed by atoms with Crippen LogP contribution in [0.25, 0.3) is 22.6 Å². The summed E-state index contributed by atoms with van der Waals surface area (Å²) in [4.78, 5) is 9.03. The first-order valence-corrected chi connectivity index (χ1v) is 10.1. The quantitative estimate of drug-likeness (QED) is 0.541. The smallest absolute Gasteiger partial charge is 0.261 e. The molecule has 7 heteroatoms. The molecular weight excluding hydrogens is 376 g/mol. The van der Waals surface area contributed by atoms with Crippen LogP contribution in [0.1, 0.15) is 36.7 Å². The number of hydrogen-bond donors (Lipinski definition) is 1. The molecule has 1 atom stereocenters. The van der Waals surface area contributed by atoms with Crippen LogP contribution >= 0.6 is 0 Å². The molecule has 0 bridgehead atoms. The largest absolute Gasteiger partial charge is 0.383 e. The third kappa shape index (κ3) is 3.07. The fraction of sp³-hybridized carbons (Fsp3) is 0.304. The van der Waals surface area contributed by atoms with Gasteiger partial charge >= 0.3 is 0 Å². The van der Waals surface area contributed by atoms with E-state index in [1.54, 1.807) is 10.9 Å². The summed E-state index contributed by atoms with van der Waals surface area (Å²) in [5, 5.41) is 8.56. The van der Waals surface area contributed by atoms with E-state index in [-0.39, 0.29) is 5.41 Å². The van der Waals surface area contributed by atoms with Crippen LogP contribution in [0.3, 0.4) is 0 Å². The van der Waals surface area contributed by atoms with Crippen molar-refractivity contribution in [1.29, 1.82) is 0 Å².